The Labute approximate surface area is 166 Å². The fourth-order valence-electron chi connectivity index (χ4n) is 8.85. The van der Waals surface area contributed by atoms with Gasteiger partial charge in [0.1, 0.15) is 6.61 Å². The van der Waals surface area contributed by atoms with Gasteiger partial charge in [-0.05, 0) is 62.7 Å². The summed E-state index contributed by atoms with van der Waals surface area (Å²) < 4.78 is 12.7. The van der Waals surface area contributed by atoms with Crippen LogP contribution in [0.1, 0.15) is 64.7 Å². The van der Waals surface area contributed by atoms with Crippen molar-refractivity contribution in [3.05, 3.63) is 0 Å². The third-order valence-corrected chi connectivity index (χ3v) is 9.88. The fraction of sp³-hybridized carbons (Fsp3) is 0.955. The number of carbonyl (C=O) groups excluding carboxylic acids is 1. The molecule has 9 unspecified atom stereocenters. The molecule has 5 aliphatic rings. The monoisotopic (exact) mass is 394 g/mol. The topological polar surface area (TPSA) is 96.2 Å². The lowest BCUT2D eigenvalue weighted by molar-refractivity contribution is -0.239. The third kappa shape index (κ3) is 2.04. The number of Topliss-reactive ketones (excluding diaryl/α,β-unsaturated/α-hetero) is 1. The van der Waals surface area contributed by atoms with Crippen LogP contribution >= 0.6 is 0 Å². The Morgan fingerprint density at radius 1 is 1.11 bits per heavy atom. The highest BCUT2D eigenvalue weighted by Crippen LogP contribution is 2.75. The molecule has 2 bridgehead atoms. The van der Waals surface area contributed by atoms with Crippen LogP contribution in [0.15, 0.2) is 0 Å². The molecule has 28 heavy (non-hydrogen) atoms. The van der Waals surface area contributed by atoms with Crippen molar-refractivity contribution in [1.29, 1.82) is 0 Å². The zero-order valence-corrected chi connectivity index (χ0v) is 17.0. The predicted octanol–water partition coefficient (Wildman–Crippen LogP) is 1.79. The van der Waals surface area contributed by atoms with Gasteiger partial charge >= 0.3 is 0 Å². The standard InChI is InChI=1S/C22H34O6/c1-19-7-6-17-21-8-5-13(24)11-20(21,26)9-10-22(17,28-18(21)27-2)16(19)4-3-14(19)15(25)12-23/h13-14,16-18,23-24,26H,3-12H2,1-2H3. The summed E-state index contributed by atoms with van der Waals surface area (Å²) in [5, 5.41) is 31.5. The number of ether oxygens (including phenoxy) is 2. The van der Waals surface area contributed by atoms with E-state index in [-0.39, 0.29) is 41.2 Å². The van der Waals surface area contributed by atoms with Crippen molar-refractivity contribution in [3.8, 4) is 0 Å². The van der Waals surface area contributed by atoms with Gasteiger partial charge in [0, 0.05) is 25.4 Å². The van der Waals surface area contributed by atoms with Crippen LogP contribution < -0.4 is 0 Å². The van der Waals surface area contributed by atoms with Crippen molar-refractivity contribution in [2.24, 2.45) is 28.6 Å². The van der Waals surface area contributed by atoms with E-state index in [4.69, 9.17) is 9.47 Å². The maximum Gasteiger partial charge on any atom is 0.166 e. The van der Waals surface area contributed by atoms with E-state index in [1.807, 2.05) is 0 Å². The second kappa shape index (κ2) is 6.01. The molecule has 158 valence electrons. The molecular formula is C22H34O6. The average molecular weight is 395 g/mol. The zero-order valence-electron chi connectivity index (χ0n) is 17.0. The Morgan fingerprint density at radius 3 is 2.61 bits per heavy atom. The molecule has 5 rings (SSSR count). The molecule has 0 radical (unpaired) electrons. The first-order chi connectivity index (χ1) is 13.3. The number of rotatable bonds is 3. The molecule has 4 aliphatic carbocycles. The van der Waals surface area contributed by atoms with Crippen LogP contribution in [0, 0.1) is 28.6 Å². The van der Waals surface area contributed by atoms with Gasteiger partial charge < -0.3 is 24.8 Å². The normalized spacial score (nSPS) is 57.4. The van der Waals surface area contributed by atoms with E-state index in [0.717, 1.165) is 38.5 Å². The lowest BCUT2D eigenvalue weighted by Crippen LogP contribution is -2.67. The van der Waals surface area contributed by atoms with Gasteiger partial charge in [-0.1, -0.05) is 6.92 Å². The van der Waals surface area contributed by atoms with Gasteiger partial charge in [0.25, 0.3) is 0 Å². The number of methoxy groups -OCH3 is 1. The van der Waals surface area contributed by atoms with Crippen molar-refractivity contribution >= 4 is 5.78 Å². The Morgan fingerprint density at radius 2 is 1.89 bits per heavy atom. The minimum Gasteiger partial charge on any atom is -0.393 e. The van der Waals surface area contributed by atoms with Crippen LogP contribution in [0.25, 0.3) is 0 Å². The minimum absolute atomic E-state index is 0.0380. The lowest BCUT2D eigenvalue weighted by atomic mass is 9.42. The first-order valence-electron chi connectivity index (χ1n) is 11.0. The number of hydrogen-bond acceptors (Lipinski definition) is 6. The molecule has 5 fully saturated rings. The van der Waals surface area contributed by atoms with Crippen LogP contribution in [0.2, 0.25) is 0 Å². The summed E-state index contributed by atoms with van der Waals surface area (Å²) in [6.07, 6.45) is 5.79. The molecule has 9 atom stereocenters. The predicted molar refractivity (Wildman–Crippen MR) is 100 cm³/mol. The molecule has 1 aliphatic heterocycles. The largest absolute Gasteiger partial charge is 0.393 e. The summed E-state index contributed by atoms with van der Waals surface area (Å²) in [5.74, 6) is 0.293. The van der Waals surface area contributed by atoms with E-state index >= 15 is 0 Å². The highest BCUT2D eigenvalue weighted by molar-refractivity contribution is 5.83. The van der Waals surface area contributed by atoms with E-state index in [1.165, 1.54) is 0 Å². The molecule has 3 N–H and O–H groups in total. The fourth-order valence-corrected chi connectivity index (χ4v) is 8.85. The van der Waals surface area contributed by atoms with E-state index in [0.29, 0.717) is 19.3 Å². The van der Waals surface area contributed by atoms with Crippen molar-refractivity contribution in [1.82, 2.24) is 0 Å². The second-order valence-electron chi connectivity index (χ2n) is 10.5. The summed E-state index contributed by atoms with van der Waals surface area (Å²) in [6.45, 7) is 1.84. The minimum atomic E-state index is -0.956. The van der Waals surface area contributed by atoms with E-state index in [2.05, 4.69) is 6.92 Å². The van der Waals surface area contributed by atoms with Crippen LogP contribution in [0.5, 0.6) is 0 Å². The van der Waals surface area contributed by atoms with Crippen molar-refractivity contribution in [2.75, 3.05) is 13.7 Å². The number of ketones is 1. The molecule has 1 saturated heterocycles. The summed E-state index contributed by atoms with van der Waals surface area (Å²) in [5.41, 5.74) is -1.96. The molecule has 1 spiro atoms. The number of carbonyl (C=O) groups is 1. The Bertz CT molecular complexity index is 682. The Balaban J connectivity index is 1.59. The van der Waals surface area contributed by atoms with Gasteiger partial charge in [0.05, 0.1) is 22.7 Å². The molecule has 6 heteroatoms. The smallest absolute Gasteiger partial charge is 0.166 e. The second-order valence-corrected chi connectivity index (χ2v) is 10.5. The molecule has 0 aromatic heterocycles. The van der Waals surface area contributed by atoms with Crippen LogP contribution in [-0.2, 0) is 14.3 Å². The maximum absolute atomic E-state index is 12.5. The number of hydrogen-bond donors (Lipinski definition) is 3. The third-order valence-electron chi connectivity index (χ3n) is 9.88. The van der Waals surface area contributed by atoms with Gasteiger partial charge in [-0.15, -0.1) is 0 Å². The van der Waals surface area contributed by atoms with Crippen molar-refractivity contribution < 1.29 is 29.6 Å². The summed E-state index contributed by atoms with van der Waals surface area (Å²) in [7, 11) is 1.67. The van der Waals surface area contributed by atoms with Gasteiger partial charge in [-0.2, -0.15) is 0 Å². The van der Waals surface area contributed by atoms with Crippen molar-refractivity contribution in [3.63, 3.8) is 0 Å². The summed E-state index contributed by atoms with van der Waals surface area (Å²) in [6, 6.07) is 0. The number of aliphatic hydroxyl groups excluding tert-OH is 2. The molecule has 0 amide bonds. The van der Waals surface area contributed by atoms with Crippen molar-refractivity contribution in [2.45, 2.75) is 88.3 Å². The zero-order chi connectivity index (χ0) is 19.9. The summed E-state index contributed by atoms with van der Waals surface area (Å²) in [4.78, 5) is 12.5. The van der Waals surface area contributed by atoms with Gasteiger partial charge in [0.15, 0.2) is 12.1 Å². The molecule has 1 heterocycles. The molecule has 6 nitrogen and oxygen atoms in total. The molecule has 0 aromatic rings. The Kier molecular flexibility index (Phi) is 4.17. The van der Waals surface area contributed by atoms with Gasteiger partial charge in [0.2, 0.25) is 0 Å². The Hall–Kier alpha value is -0.530. The lowest BCUT2D eigenvalue weighted by Gasteiger charge is -2.63. The maximum atomic E-state index is 12.5. The van der Waals surface area contributed by atoms with Gasteiger partial charge in [-0.3, -0.25) is 4.79 Å². The van der Waals surface area contributed by atoms with Gasteiger partial charge in [-0.25, -0.2) is 0 Å². The van der Waals surface area contributed by atoms with Crippen LogP contribution in [0.4, 0.5) is 0 Å². The first-order valence-corrected chi connectivity index (χ1v) is 11.0. The van der Waals surface area contributed by atoms with E-state index < -0.39 is 23.4 Å². The molecule has 0 aromatic carbocycles. The highest BCUT2D eigenvalue weighted by Gasteiger charge is 2.79. The van der Waals surface area contributed by atoms with E-state index in [9.17, 15) is 20.1 Å². The quantitative estimate of drug-likeness (QED) is 0.675. The van der Waals surface area contributed by atoms with E-state index in [1.54, 1.807) is 7.11 Å². The summed E-state index contributed by atoms with van der Waals surface area (Å²) >= 11 is 0. The van der Waals surface area contributed by atoms with Crippen LogP contribution in [-0.4, -0.2) is 58.4 Å². The number of aliphatic hydroxyl groups is 3. The van der Waals surface area contributed by atoms with Crippen LogP contribution in [0.3, 0.4) is 0 Å². The SMILES string of the molecule is COC1OC23CCC4(O)CC(O)CCC14C2CCC1(C)C(C(=O)CO)CCC13. The molecular weight excluding hydrogens is 360 g/mol. The average Bonchev–Trinajstić information content (AvgIpc) is 3.13. The first kappa shape index (κ1) is 19.4. The number of fused-ring (bicyclic) bond motifs is 1. The molecule has 4 saturated carbocycles. The highest BCUT2D eigenvalue weighted by atomic mass is 16.7.